The number of sulfonamides is 1. The molecule has 7 heteroatoms. The minimum absolute atomic E-state index is 0.0354. The van der Waals surface area contributed by atoms with Crippen molar-refractivity contribution in [2.45, 2.75) is 31.7 Å². The topological polar surface area (TPSA) is 63.4 Å². The van der Waals surface area contributed by atoms with Crippen LogP contribution >= 0.6 is 0 Å². The van der Waals surface area contributed by atoms with Gasteiger partial charge in [0.05, 0.1) is 0 Å². The van der Waals surface area contributed by atoms with Gasteiger partial charge in [0.15, 0.2) is 5.76 Å². The quantitative estimate of drug-likeness (QED) is 0.871. The van der Waals surface area contributed by atoms with Crippen LogP contribution < -0.4 is 0 Å². The van der Waals surface area contributed by atoms with Gasteiger partial charge in [-0.1, -0.05) is 23.4 Å². The fourth-order valence-electron chi connectivity index (χ4n) is 2.20. The lowest BCUT2D eigenvalue weighted by Crippen LogP contribution is -2.31. The van der Waals surface area contributed by atoms with Crippen LogP contribution in [0.5, 0.6) is 0 Å². The van der Waals surface area contributed by atoms with Crippen LogP contribution in [0.4, 0.5) is 4.39 Å². The van der Waals surface area contributed by atoms with Crippen LogP contribution in [0.15, 0.2) is 33.7 Å². The third-order valence-electron chi connectivity index (χ3n) is 3.51. The predicted molar refractivity (Wildman–Crippen MR) is 75.7 cm³/mol. The van der Waals surface area contributed by atoms with E-state index in [-0.39, 0.29) is 10.7 Å². The van der Waals surface area contributed by atoms with Gasteiger partial charge in [0.1, 0.15) is 16.4 Å². The molecule has 0 saturated heterocycles. The summed E-state index contributed by atoms with van der Waals surface area (Å²) in [7, 11) is -2.40. The van der Waals surface area contributed by atoms with E-state index in [0.717, 1.165) is 4.31 Å². The number of benzene rings is 1. The van der Waals surface area contributed by atoms with Crippen molar-refractivity contribution in [3.8, 4) is 0 Å². The molecule has 5 nitrogen and oxygen atoms in total. The highest BCUT2D eigenvalue weighted by Gasteiger charge is 2.32. The SMILES string of the molecule is Cc1noc(C)c1S(=O)(=O)N(C)[C@@H](C)c1ccccc1F. The average Bonchev–Trinajstić information content (AvgIpc) is 2.77. The molecule has 0 radical (unpaired) electrons. The van der Waals surface area contributed by atoms with Crippen LogP contribution in [0.1, 0.15) is 30.0 Å². The molecule has 114 valence electrons. The van der Waals surface area contributed by atoms with Crippen LogP contribution in [-0.4, -0.2) is 24.9 Å². The smallest absolute Gasteiger partial charge is 0.248 e. The summed E-state index contributed by atoms with van der Waals surface area (Å²) in [5, 5.41) is 3.66. The second-order valence-corrected chi connectivity index (χ2v) is 6.81. The molecule has 1 aromatic carbocycles. The summed E-state index contributed by atoms with van der Waals surface area (Å²) < 4.78 is 45.2. The van der Waals surface area contributed by atoms with E-state index in [1.54, 1.807) is 32.0 Å². The second-order valence-electron chi connectivity index (χ2n) is 4.87. The molecule has 0 amide bonds. The van der Waals surface area contributed by atoms with E-state index < -0.39 is 21.9 Å². The summed E-state index contributed by atoms with van der Waals surface area (Å²) in [5.74, 6) is -0.217. The maximum absolute atomic E-state index is 13.8. The van der Waals surface area contributed by atoms with Crippen molar-refractivity contribution in [3.63, 3.8) is 0 Å². The Balaban J connectivity index is 2.44. The van der Waals surface area contributed by atoms with Gasteiger partial charge >= 0.3 is 0 Å². The molecule has 0 unspecified atom stereocenters. The Labute approximate surface area is 123 Å². The largest absolute Gasteiger partial charge is 0.360 e. The molecule has 1 heterocycles. The Kier molecular flexibility index (Phi) is 4.15. The van der Waals surface area contributed by atoms with Crippen LogP contribution in [0.3, 0.4) is 0 Å². The molecular formula is C14H17FN2O3S. The lowest BCUT2D eigenvalue weighted by Gasteiger charge is -2.24. The van der Waals surface area contributed by atoms with E-state index in [9.17, 15) is 12.8 Å². The number of nitrogens with zero attached hydrogens (tertiary/aromatic N) is 2. The van der Waals surface area contributed by atoms with E-state index in [1.807, 2.05) is 0 Å². The number of halogens is 1. The first-order valence-electron chi connectivity index (χ1n) is 6.42. The van der Waals surface area contributed by atoms with Gasteiger partial charge in [-0.25, -0.2) is 12.8 Å². The van der Waals surface area contributed by atoms with Gasteiger partial charge in [0, 0.05) is 18.7 Å². The Morgan fingerprint density at radius 1 is 1.29 bits per heavy atom. The van der Waals surface area contributed by atoms with Gasteiger partial charge in [-0.3, -0.25) is 0 Å². The molecular weight excluding hydrogens is 295 g/mol. The summed E-state index contributed by atoms with van der Waals surface area (Å²) in [6.45, 7) is 4.73. The minimum atomic E-state index is -3.81. The average molecular weight is 312 g/mol. The van der Waals surface area contributed by atoms with Gasteiger partial charge < -0.3 is 4.52 Å². The molecule has 0 spiro atoms. The van der Waals surface area contributed by atoms with E-state index in [0.29, 0.717) is 11.3 Å². The van der Waals surface area contributed by atoms with Crippen molar-refractivity contribution in [2.75, 3.05) is 7.05 Å². The first-order valence-corrected chi connectivity index (χ1v) is 7.86. The maximum Gasteiger partial charge on any atom is 0.248 e. The van der Waals surface area contributed by atoms with Crippen molar-refractivity contribution >= 4 is 10.0 Å². The zero-order valence-corrected chi connectivity index (χ0v) is 13.1. The Morgan fingerprint density at radius 2 is 1.90 bits per heavy atom. The summed E-state index contributed by atoms with van der Waals surface area (Å²) >= 11 is 0. The van der Waals surface area contributed by atoms with Gasteiger partial charge in [-0.15, -0.1) is 0 Å². The molecule has 0 N–H and O–H groups in total. The fourth-order valence-corrected chi connectivity index (χ4v) is 3.83. The minimum Gasteiger partial charge on any atom is -0.360 e. The standard InChI is InChI=1S/C14H17FN2O3S/c1-9-14(11(3)20-16-9)21(18,19)17(4)10(2)12-7-5-6-8-13(12)15/h5-8,10H,1-4H3/t10-/m0/s1. The fraction of sp³-hybridized carbons (Fsp3) is 0.357. The number of aryl methyl sites for hydroxylation is 2. The normalized spacial score (nSPS) is 13.6. The lowest BCUT2D eigenvalue weighted by molar-refractivity contribution is 0.380. The van der Waals surface area contributed by atoms with Gasteiger partial charge in [-0.05, 0) is 26.8 Å². The number of hydrogen-bond donors (Lipinski definition) is 0. The van der Waals surface area contributed by atoms with Crippen molar-refractivity contribution < 1.29 is 17.3 Å². The van der Waals surface area contributed by atoms with Crippen molar-refractivity contribution in [1.82, 2.24) is 9.46 Å². The molecule has 0 bridgehead atoms. The second kappa shape index (κ2) is 5.57. The first-order chi connectivity index (χ1) is 9.76. The molecule has 21 heavy (non-hydrogen) atoms. The van der Waals surface area contributed by atoms with Gasteiger partial charge in [0.2, 0.25) is 10.0 Å². The van der Waals surface area contributed by atoms with Crippen molar-refractivity contribution in [1.29, 1.82) is 0 Å². The zero-order valence-electron chi connectivity index (χ0n) is 12.3. The van der Waals surface area contributed by atoms with E-state index in [2.05, 4.69) is 5.16 Å². The van der Waals surface area contributed by atoms with Gasteiger partial charge in [0.25, 0.3) is 0 Å². The van der Waals surface area contributed by atoms with Gasteiger partial charge in [-0.2, -0.15) is 4.31 Å². The monoisotopic (exact) mass is 312 g/mol. The van der Waals surface area contributed by atoms with Crippen LogP contribution in [-0.2, 0) is 10.0 Å². The van der Waals surface area contributed by atoms with Crippen LogP contribution in [0.25, 0.3) is 0 Å². The van der Waals surface area contributed by atoms with E-state index in [4.69, 9.17) is 4.52 Å². The molecule has 1 atom stereocenters. The van der Waals surface area contributed by atoms with Crippen molar-refractivity contribution in [2.24, 2.45) is 0 Å². The number of hydrogen-bond acceptors (Lipinski definition) is 4. The lowest BCUT2D eigenvalue weighted by atomic mass is 10.1. The van der Waals surface area contributed by atoms with Crippen LogP contribution in [0, 0.1) is 19.7 Å². The summed E-state index contributed by atoms with van der Waals surface area (Å²) in [5.41, 5.74) is 0.607. The third-order valence-corrected chi connectivity index (χ3v) is 5.68. The summed E-state index contributed by atoms with van der Waals surface area (Å²) in [6, 6.07) is 5.46. The zero-order chi connectivity index (χ0) is 15.8. The van der Waals surface area contributed by atoms with Crippen molar-refractivity contribution in [3.05, 3.63) is 47.1 Å². The highest BCUT2D eigenvalue weighted by atomic mass is 32.2. The number of rotatable bonds is 4. The number of aromatic nitrogens is 1. The maximum atomic E-state index is 13.8. The molecule has 1 aromatic heterocycles. The summed E-state index contributed by atoms with van der Waals surface area (Å²) in [4.78, 5) is 0.0354. The molecule has 0 fully saturated rings. The molecule has 0 aliphatic heterocycles. The summed E-state index contributed by atoms with van der Waals surface area (Å²) in [6.07, 6.45) is 0. The van der Waals surface area contributed by atoms with Crippen LogP contribution in [0.2, 0.25) is 0 Å². The Morgan fingerprint density at radius 3 is 2.43 bits per heavy atom. The van der Waals surface area contributed by atoms with E-state index >= 15 is 0 Å². The Hall–Kier alpha value is -1.73. The highest BCUT2D eigenvalue weighted by molar-refractivity contribution is 7.89. The molecule has 0 aliphatic carbocycles. The van der Waals surface area contributed by atoms with E-state index in [1.165, 1.54) is 20.0 Å². The first kappa shape index (κ1) is 15.7. The third kappa shape index (κ3) is 2.71. The molecule has 2 aromatic rings. The molecule has 0 aliphatic rings. The molecule has 0 saturated carbocycles. The predicted octanol–water partition coefficient (Wildman–Crippen LogP) is 2.81. The molecule has 2 rings (SSSR count). The Bertz CT molecular complexity index is 736. The highest BCUT2D eigenvalue weighted by Crippen LogP contribution is 2.30.